The minimum Gasteiger partial charge on any atom is -0.398 e. The highest BCUT2D eigenvalue weighted by Crippen LogP contribution is 2.35. The molecule has 2 aromatic rings. The van der Waals surface area contributed by atoms with Gasteiger partial charge in [-0.1, -0.05) is 36.2 Å². The number of carbonyl (C=O) groups is 1. The monoisotopic (exact) mass is 575 g/mol. The number of piperidine rings is 1. The number of nitrogens with one attached hydrogen (secondary N) is 2. The largest absolute Gasteiger partial charge is 0.416 e. The number of nitrogens with zero attached hydrogens (tertiary/aromatic N) is 2. The maximum Gasteiger partial charge on any atom is 0.416 e. The van der Waals surface area contributed by atoms with Crippen LogP contribution in [-0.4, -0.2) is 47.0 Å². The molecule has 208 valence electrons. The Bertz CT molecular complexity index is 1280. The number of amidine groups is 1. The molecule has 0 unspecified atom stereocenters. The summed E-state index contributed by atoms with van der Waals surface area (Å²) in [6.45, 7) is 4.39. The maximum absolute atomic E-state index is 13.0. The van der Waals surface area contributed by atoms with E-state index >= 15 is 0 Å². The Morgan fingerprint density at radius 3 is 2.56 bits per heavy atom. The number of nitrogens with two attached hydrogens (primary N) is 1. The van der Waals surface area contributed by atoms with Gasteiger partial charge in [-0.3, -0.25) is 14.1 Å². The Hall–Kier alpha value is -2.89. The predicted octanol–water partition coefficient (Wildman–Crippen LogP) is 4.85. The Labute approximate surface area is 236 Å². The lowest BCUT2D eigenvalue weighted by molar-refractivity contribution is -0.137. The van der Waals surface area contributed by atoms with Crippen LogP contribution >= 0.6 is 24.6 Å². The molecule has 5 rings (SSSR count). The number of halogens is 3. The van der Waals surface area contributed by atoms with Crippen LogP contribution in [0.2, 0.25) is 0 Å². The molecule has 3 heterocycles. The highest BCUT2D eigenvalue weighted by molar-refractivity contribution is 7.97. The zero-order valence-electron chi connectivity index (χ0n) is 21.6. The van der Waals surface area contributed by atoms with Gasteiger partial charge in [-0.25, -0.2) is 0 Å². The summed E-state index contributed by atoms with van der Waals surface area (Å²) in [5.74, 6) is 0.937. The standard InChI is InChI=1S/C23H24F3N3OS2.C5H8N2/c1-15-13-19(31)6-5-16(15)7-12-32-29-10-8-22(9-11-29)21(30)27-20(28-22)17-3-2-4-18(14-17)23(24,25)26;6-5-2-1-3-7-4-5/h2-6,13-14,31H,7-12H2,1H3,(H,27,28,30);1-2,4,7H,3,6H2. The highest BCUT2D eigenvalue weighted by atomic mass is 32.2. The summed E-state index contributed by atoms with van der Waals surface area (Å²) < 4.78 is 41.4. The molecule has 0 bridgehead atoms. The van der Waals surface area contributed by atoms with Gasteiger partial charge < -0.3 is 16.4 Å². The van der Waals surface area contributed by atoms with E-state index in [1.165, 1.54) is 17.2 Å². The van der Waals surface area contributed by atoms with Crippen molar-refractivity contribution in [3.05, 3.63) is 88.8 Å². The van der Waals surface area contributed by atoms with Crippen molar-refractivity contribution in [3.63, 3.8) is 0 Å². The molecule has 1 amide bonds. The van der Waals surface area contributed by atoms with Crippen molar-refractivity contribution in [2.45, 2.75) is 42.8 Å². The van der Waals surface area contributed by atoms with Gasteiger partial charge >= 0.3 is 6.18 Å². The van der Waals surface area contributed by atoms with E-state index < -0.39 is 17.3 Å². The van der Waals surface area contributed by atoms with Gasteiger partial charge in [0, 0.05) is 47.7 Å². The van der Waals surface area contributed by atoms with Crippen LogP contribution in [0.4, 0.5) is 13.2 Å². The van der Waals surface area contributed by atoms with Crippen LogP contribution in [0.1, 0.15) is 35.1 Å². The third kappa shape index (κ3) is 7.61. The molecule has 1 saturated heterocycles. The third-order valence-electron chi connectivity index (χ3n) is 6.78. The Kier molecular flexibility index (Phi) is 9.35. The predicted molar refractivity (Wildman–Crippen MR) is 154 cm³/mol. The van der Waals surface area contributed by atoms with Crippen LogP contribution in [0.15, 0.2) is 76.4 Å². The number of amides is 1. The van der Waals surface area contributed by atoms with E-state index in [4.69, 9.17) is 5.73 Å². The van der Waals surface area contributed by atoms with Gasteiger partial charge in [-0.05, 0) is 67.7 Å². The highest BCUT2D eigenvalue weighted by Gasteiger charge is 2.46. The van der Waals surface area contributed by atoms with E-state index in [0.717, 1.165) is 41.4 Å². The van der Waals surface area contributed by atoms with Gasteiger partial charge in [0.15, 0.2) is 0 Å². The molecule has 4 N–H and O–H groups in total. The number of rotatable bonds is 5. The smallest absolute Gasteiger partial charge is 0.398 e. The lowest BCUT2D eigenvalue weighted by Gasteiger charge is -2.34. The third-order valence-corrected chi connectivity index (χ3v) is 8.17. The minimum atomic E-state index is -4.44. The summed E-state index contributed by atoms with van der Waals surface area (Å²) in [7, 11) is 0. The van der Waals surface area contributed by atoms with Crippen LogP contribution in [0.25, 0.3) is 0 Å². The van der Waals surface area contributed by atoms with Crippen molar-refractivity contribution >= 4 is 36.3 Å². The van der Waals surface area contributed by atoms with Crippen LogP contribution in [-0.2, 0) is 17.4 Å². The van der Waals surface area contributed by atoms with E-state index in [-0.39, 0.29) is 17.3 Å². The normalized spacial score (nSPS) is 18.5. The molecule has 3 aliphatic rings. The lowest BCUT2D eigenvalue weighted by Crippen LogP contribution is -2.47. The molecule has 2 aromatic carbocycles. The summed E-state index contributed by atoms with van der Waals surface area (Å²) in [5.41, 5.74) is 7.32. The first-order chi connectivity index (χ1) is 18.6. The number of hydrogen-bond acceptors (Lipinski definition) is 7. The van der Waals surface area contributed by atoms with Gasteiger partial charge in [0.25, 0.3) is 5.91 Å². The van der Waals surface area contributed by atoms with Crippen LogP contribution in [0, 0.1) is 6.92 Å². The molecule has 0 atom stereocenters. The van der Waals surface area contributed by atoms with Gasteiger partial charge in [0.1, 0.15) is 11.4 Å². The Balaban J connectivity index is 0.000000438. The average Bonchev–Trinajstić information content (AvgIpc) is 3.22. The molecule has 39 heavy (non-hydrogen) atoms. The minimum absolute atomic E-state index is 0.225. The number of hydrogen-bond donors (Lipinski definition) is 4. The van der Waals surface area contributed by atoms with Crippen LogP contribution < -0.4 is 16.4 Å². The van der Waals surface area contributed by atoms with Crippen molar-refractivity contribution in [2.24, 2.45) is 10.7 Å². The van der Waals surface area contributed by atoms with Crippen LogP contribution in [0.3, 0.4) is 0 Å². The fourth-order valence-electron chi connectivity index (χ4n) is 4.55. The molecule has 11 heteroatoms. The second kappa shape index (κ2) is 12.5. The molecular weight excluding hydrogens is 543 g/mol. The number of alkyl halides is 3. The van der Waals surface area contributed by atoms with Crippen LogP contribution in [0.5, 0.6) is 0 Å². The first-order valence-corrected chi connectivity index (χ1v) is 14.1. The first-order valence-electron chi connectivity index (χ1n) is 12.7. The second-order valence-electron chi connectivity index (χ2n) is 9.60. The zero-order chi connectivity index (χ0) is 28.0. The molecule has 1 fully saturated rings. The molecule has 0 radical (unpaired) electrons. The van der Waals surface area contributed by atoms with Crippen molar-refractivity contribution in [1.29, 1.82) is 0 Å². The van der Waals surface area contributed by atoms with Crippen molar-refractivity contribution in [2.75, 3.05) is 25.4 Å². The molecule has 0 aromatic heterocycles. The van der Waals surface area contributed by atoms with E-state index in [0.29, 0.717) is 25.9 Å². The number of allylic oxidation sites excluding steroid dienone is 1. The summed E-state index contributed by atoms with van der Waals surface area (Å²) in [6.07, 6.45) is 3.26. The summed E-state index contributed by atoms with van der Waals surface area (Å²) >= 11 is 6.12. The van der Waals surface area contributed by atoms with Crippen molar-refractivity contribution in [3.8, 4) is 0 Å². The lowest BCUT2D eigenvalue weighted by atomic mass is 9.89. The number of carbonyl (C=O) groups excluding carboxylic acids is 1. The molecular formula is C28H32F3N5OS2. The fraction of sp³-hybridized carbons (Fsp3) is 0.357. The van der Waals surface area contributed by atoms with Crippen molar-refractivity contribution < 1.29 is 18.0 Å². The fourth-order valence-corrected chi connectivity index (χ4v) is 5.83. The average molecular weight is 576 g/mol. The van der Waals surface area contributed by atoms with E-state index in [2.05, 4.69) is 51.6 Å². The Morgan fingerprint density at radius 1 is 1.18 bits per heavy atom. The number of aryl methyl sites for hydroxylation is 2. The first kappa shape index (κ1) is 29.1. The van der Waals surface area contributed by atoms with Gasteiger partial charge in [-0.15, -0.1) is 12.6 Å². The summed E-state index contributed by atoms with van der Waals surface area (Å²) in [5, 5.41) is 5.67. The Morgan fingerprint density at radius 2 is 1.95 bits per heavy atom. The molecule has 0 saturated carbocycles. The number of thiol groups is 1. The van der Waals surface area contributed by atoms with E-state index in [1.807, 2.05) is 18.2 Å². The van der Waals surface area contributed by atoms with E-state index in [1.54, 1.807) is 24.2 Å². The second-order valence-corrected chi connectivity index (χ2v) is 11.3. The van der Waals surface area contributed by atoms with Gasteiger partial charge in [0.05, 0.1) is 5.56 Å². The van der Waals surface area contributed by atoms with E-state index in [9.17, 15) is 18.0 Å². The maximum atomic E-state index is 13.0. The van der Waals surface area contributed by atoms with Gasteiger partial charge in [-0.2, -0.15) is 13.2 Å². The summed E-state index contributed by atoms with van der Waals surface area (Å²) in [4.78, 5) is 18.2. The molecule has 6 nitrogen and oxygen atoms in total. The quantitative estimate of drug-likeness (QED) is 0.303. The zero-order valence-corrected chi connectivity index (χ0v) is 23.3. The molecule has 3 aliphatic heterocycles. The van der Waals surface area contributed by atoms with Crippen molar-refractivity contribution in [1.82, 2.24) is 14.9 Å². The number of aliphatic imine (C=N–C) groups is 1. The topological polar surface area (TPSA) is 82.8 Å². The van der Waals surface area contributed by atoms with Gasteiger partial charge in [0.2, 0.25) is 0 Å². The number of dihydropyridines is 1. The molecule has 0 aliphatic carbocycles. The number of benzene rings is 2. The summed E-state index contributed by atoms with van der Waals surface area (Å²) in [6, 6.07) is 11.1. The SMILES string of the molecule is Cc1cc(S)ccc1CCSN1CCC2(CC1)N=C(c1cccc(C(F)(F)F)c1)NC2=O.NC1=CNCC=C1. The molecule has 1 spiro atoms.